The van der Waals surface area contributed by atoms with Crippen LogP contribution < -0.4 is 0 Å². The van der Waals surface area contributed by atoms with E-state index in [0.29, 0.717) is 6.07 Å². The number of hydrogen-bond donors (Lipinski definition) is 0. The van der Waals surface area contributed by atoms with Gasteiger partial charge in [0.25, 0.3) is 0 Å². The van der Waals surface area contributed by atoms with Crippen molar-refractivity contribution in [3.8, 4) is 11.1 Å². The lowest BCUT2D eigenvalue weighted by Gasteiger charge is -2.14. The van der Waals surface area contributed by atoms with E-state index in [1.54, 1.807) is 0 Å². The molecule has 0 saturated heterocycles. The van der Waals surface area contributed by atoms with E-state index in [4.69, 9.17) is 0 Å². The fourth-order valence-corrected chi connectivity index (χ4v) is 2.12. The van der Waals surface area contributed by atoms with Crippen molar-refractivity contribution < 1.29 is 35.9 Å². The summed E-state index contributed by atoms with van der Waals surface area (Å²) in [5, 5.41) is 0. The lowest BCUT2D eigenvalue weighted by molar-refractivity contribution is -0.138. The molecule has 0 unspecified atom stereocenters. The first-order valence-electron chi connectivity index (χ1n) is 6.51. The molecule has 0 N–H and O–H groups in total. The summed E-state index contributed by atoms with van der Waals surface area (Å²) in [6, 6.07) is 6.59. The number of rotatable bonds is 2. The Kier molecular flexibility index (Phi) is 4.59. The molecule has 0 aliphatic heterocycles. The number of alkyl halides is 6. The number of halogens is 6. The van der Waals surface area contributed by atoms with Gasteiger partial charge >= 0.3 is 18.3 Å². The second kappa shape index (κ2) is 6.18. The Morgan fingerprint density at radius 2 is 1.50 bits per heavy atom. The molecule has 2 aromatic rings. The highest BCUT2D eigenvalue weighted by Gasteiger charge is 2.36. The fourth-order valence-electron chi connectivity index (χ4n) is 2.12. The second-order valence-corrected chi connectivity index (χ2v) is 4.83. The predicted molar refractivity (Wildman–Crippen MR) is 73.2 cm³/mol. The van der Waals surface area contributed by atoms with Crippen molar-refractivity contribution in [3.63, 3.8) is 0 Å². The van der Waals surface area contributed by atoms with Gasteiger partial charge in [0, 0.05) is 0 Å². The molecule has 0 radical (unpaired) electrons. The average Bonchev–Trinajstić information content (AvgIpc) is 2.52. The fraction of sp³-hybridized carbons (Fsp3) is 0.188. The number of esters is 1. The lowest BCUT2D eigenvalue weighted by Crippen LogP contribution is -2.14. The largest absolute Gasteiger partial charge is 0.465 e. The van der Waals surface area contributed by atoms with E-state index in [-0.39, 0.29) is 11.1 Å². The van der Waals surface area contributed by atoms with Gasteiger partial charge < -0.3 is 4.74 Å². The molecule has 0 spiro atoms. The monoisotopic (exact) mass is 348 g/mol. The van der Waals surface area contributed by atoms with Crippen LogP contribution in [0.15, 0.2) is 42.5 Å². The summed E-state index contributed by atoms with van der Waals surface area (Å²) < 4.78 is 81.4. The maximum Gasteiger partial charge on any atom is 0.417 e. The van der Waals surface area contributed by atoms with Crippen LogP contribution in [0.4, 0.5) is 26.3 Å². The van der Waals surface area contributed by atoms with Crippen molar-refractivity contribution in [1.29, 1.82) is 0 Å². The molecule has 0 saturated carbocycles. The molecule has 2 nitrogen and oxygen atoms in total. The minimum absolute atomic E-state index is 0.0312. The Morgan fingerprint density at radius 3 is 2.04 bits per heavy atom. The molecule has 0 bridgehead atoms. The summed E-state index contributed by atoms with van der Waals surface area (Å²) in [5.41, 5.74) is -2.86. The molecule has 2 aromatic carbocycles. The molecular formula is C16H10F6O2. The SMILES string of the molecule is COC(=O)c1cc(-c2cccc(C(F)(F)F)c2)ccc1C(F)(F)F. The van der Waals surface area contributed by atoms with Gasteiger partial charge in [-0.2, -0.15) is 26.3 Å². The van der Waals surface area contributed by atoms with E-state index in [2.05, 4.69) is 4.74 Å². The van der Waals surface area contributed by atoms with E-state index >= 15 is 0 Å². The molecule has 8 heteroatoms. The van der Waals surface area contributed by atoms with Crippen LogP contribution in [0.1, 0.15) is 21.5 Å². The van der Waals surface area contributed by atoms with Gasteiger partial charge in [0.15, 0.2) is 0 Å². The molecule has 0 aromatic heterocycles. The molecular weight excluding hydrogens is 338 g/mol. The van der Waals surface area contributed by atoms with Crippen molar-refractivity contribution in [2.75, 3.05) is 7.11 Å². The summed E-state index contributed by atoms with van der Waals surface area (Å²) in [6.07, 6.45) is -9.39. The molecule has 0 aliphatic carbocycles. The number of hydrogen-bond acceptors (Lipinski definition) is 2. The Hall–Kier alpha value is -2.51. The highest BCUT2D eigenvalue weighted by Crippen LogP contribution is 2.36. The molecule has 0 amide bonds. The van der Waals surface area contributed by atoms with Crippen molar-refractivity contribution in [1.82, 2.24) is 0 Å². The number of benzene rings is 2. The van der Waals surface area contributed by atoms with Gasteiger partial charge in [-0.3, -0.25) is 0 Å². The predicted octanol–water partition coefficient (Wildman–Crippen LogP) is 5.18. The quantitative estimate of drug-likeness (QED) is 0.552. The minimum atomic E-state index is -4.80. The van der Waals surface area contributed by atoms with E-state index in [1.807, 2.05) is 0 Å². The second-order valence-electron chi connectivity index (χ2n) is 4.83. The van der Waals surface area contributed by atoms with Crippen LogP contribution in [0.3, 0.4) is 0 Å². The van der Waals surface area contributed by atoms with Gasteiger partial charge in [0.2, 0.25) is 0 Å². The van der Waals surface area contributed by atoms with Gasteiger partial charge in [0.05, 0.1) is 23.8 Å². The van der Waals surface area contributed by atoms with Crippen LogP contribution in [-0.2, 0) is 17.1 Å². The summed E-state index contributed by atoms with van der Waals surface area (Å²) >= 11 is 0. The summed E-state index contributed by atoms with van der Waals surface area (Å²) in [6.45, 7) is 0. The Bertz CT molecular complexity index is 762. The highest BCUT2D eigenvalue weighted by molar-refractivity contribution is 5.93. The third-order valence-electron chi connectivity index (χ3n) is 3.25. The van der Waals surface area contributed by atoms with Crippen LogP contribution in [0.5, 0.6) is 0 Å². The minimum Gasteiger partial charge on any atom is -0.465 e. The number of carbonyl (C=O) groups is 1. The van der Waals surface area contributed by atoms with E-state index < -0.39 is 35.0 Å². The third kappa shape index (κ3) is 3.69. The van der Waals surface area contributed by atoms with Crippen molar-refractivity contribution in [2.24, 2.45) is 0 Å². The number of methoxy groups -OCH3 is 1. The third-order valence-corrected chi connectivity index (χ3v) is 3.25. The van der Waals surface area contributed by atoms with Crippen molar-refractivity contribution in [3.05, 3.63) is 59.2 Å². The van der Waals surface area contributed by atoms with Crippen LogP contribution >= 0.6 is 0 Å². The maximum absolute atomic E-state index is 12.9. The van der Waals surface area contributed by atoms with Gasteiger partial charge in [0.1, 0.15) is 0 Å². The standard InChI is InChI=1S/C16H10F6O2/c1-24-14(23)12-8-10(5-6-13(12)16(20,21)22)9-3-2-4-11(7-9)15(17,18)19/h2-8H,1H3. The average molecular weight is 348 g/mol. The normalized spacial score (nSPS) is 12.1. The zero-order valence-corrected chi connectivity index (χ0v) is 12.1. The van der Waals surface area contributed by atoms with Crippen LogP contribution in [-0.4, -0.2) is 13.1 Å². The van der Waals surface area contributed by atoms with E-state index in [1.165, 1.54) is 6.07 Å². The molecule has 24 heavy (non-hydrogen) atoms. The summed E-state index contributed by atoms with van der Waals surface area (Å²) in [4.78, 5) is 11.6. The number of carbonyl (C=O) groups excluding carboxylic acids is 1. The molecule has 0 aliphatic rings. The first-order valence-corrected chi connectivity index (χ1v) is 6.51. The van der Waals surface area contributed by atoms with Gasteiger partial charge in [-0.1, -0.05) is 18.2 Å². The summed E-state index contributed by atoms with van der Waals surface area (Å²) in [7, 11) is 0.916. The van der Waals surface area contributed by atoms with Crippen LogP contribution in [0.2, 0.25) is 0 Å². The molecule has 128 valence electrons. The summed E-state index contributed by atoms with van der Waals surface area (Å²) in [5.74, 6) is -1.23. The lowest BCUT2D eigenvalue weighted by atomic mass is 9.97. The molecule has 0 heterocycles. The maximum atomic E-state index is 12.9. The molecule has 0 atom stereocenters. The van der Waals surface area contributed by atoms with Gasteiger partial charge in [-0.05, 0) is 35.4 Å². The Balaban J connectivity index is 2.59. The highest BCUT2D eigenvalue weighted by atomic mass is 19.4. The van der Waals surface area contributed by atoms with E-state index in [9.17, 15) is 31.1 Å². The Labute approximate surface area is 132 Å². The van der Waals surface area contributed by atoms with Crippen LogP contribution in [0, 0.1) is 0 Å². The Morgan fingerprint density at radius 1 is 0.875 bits per heavy atom. The smallest absolute Gasteiger partial charge is 0.417 e. The van der Waals surface area contributed by atoms with Crippen molar-refractivity contribution in [2.45, 2.75) is 12.4 Å². The van der Waals surface area contributed by atoms with Gasteiger partial charge in [-0.15, -0.1) is 0 Å². The molecule has 0 fully saturated rings. The van der Waals surface area contributed by atoms with Crippen molar-refractivity contribution >= 4 is 5.97 Å². The first-order chi connectivity index (χ1) is 11.0. The first kappa shape index (κ1) is 17.8. The van der Waals surface area contributed by atoms with Gasteiger partial charge in [-0.25, -0.2) is 4.79 Å². The van der Waals surface area contributed by atoms with E-state index in [0.717, 1.165) is 37.4 Å². The topological polar surface area (TPSA) is 26.3 Å². The molecule has 2 rings (SSSR count). The number of ether oxygens (including phenoxy) is 1. The van der Waals surface area contributed by atoms with Crippen LogP contribution in [0.25, 0.3) is 11.1 Å². The zero-order valence-electron chi connectivity index (χ0n) is 12.1. The zero-order chi connectivity index (χ0) is 18.1.